The number of nitrogens with zero attached hydrogens (tertiary/aromatic N) is 3. The van der Waals surface area contributed by atoms with Crippen molar-refractivity contribution in [2.45, 2.75) is 37.6 Å². The number of amidine groups is 1. The van der Waals surface area contributed by atoms with E-state index in [4.69, 9.17) is 0 Å². The van der Waals surface area contributed by atoms with Gasteiger partial charge in [0, 0.05) is 24.1 Å². The van der Waals surface area contributed by atoms with Crippen molar-refractivity contribution < 1.29 is 27.8 Å². The van der Waals surface area contributed by atoms with Gasteiger partial charge in [0.25, 0.3) is 17.2 Å². The summed E-state index contributed by atoms with van der Waals surface area (Å²) in [6.07, 6.45) is -1.16. The first kappa shape index (κ1) is 20.3. The molecule has 0 radical (unpaired) electrons. The molecule has 1 atom stereocenters. The number of hydrogen-bond acceptors (Lipinski definition) is 4. The van der Waals surface area contributed by atoms with Crippen LogP contribution in [0.2, 0.25) is 0 Å². The Morgan fingerprint density at radius 1 is 1.10 bits per heavy atom. The Morgan fingerprint density at radius 2 is 1.83 bits per heavy atom. The number of nitro benzene ring substituents is 1. The van der Waals surface area contributed by atoms with Crippen molar-refractivity contribution in [1.82, 2.24) is 0 Å². The largest absolute Gasteiger partial charge is 0.416 e. The molecule has 2 heterocycles. The summed E-state index contributed by atoms with van der Waals surface area (Å²) < 4.78 is 41.5. The summed E-state index contributed by atoms with van der Waals surface area (Å²) in [5.74, 6) is 0.771. The Morgan fingerprint density at radius 3 is 2.50 bits per heavy atom. The molecule has 2 aromatic carbocycles. The van der Waals surface area contributed by atoms with Crippen LogP contribution >= 0.6 is 0 Å². The van der Waals surface area contributed by atoms with Crippen LogP contribution in [0.15, 0.2) is 48.5 Å². The molecule has 0 aliphatic carbocycles. The number of halogens is 3. The highest BCUT2D eigenvalue weighted by Gasteiger charge is 2.52. The van der Waals surface area contributed by atoms with Crippen molar-refractivity contribution in [3.63, 3.8) is 0 Å². The van der Waals surface area contributed by atoms with Gasteiger partial charge in [-0.2, -0.15) is 13.2 Å². The van der Waals surface area contributed by atoms with E-state index in [0.717, 1.165) is 37.2 Å². The van der Waals surface area contributed by atoms with Gasteiger partial charge in [-0.05, 0) is 49.6 Å². The van der Waals surface area contributed by atoms with E-state index in [1.807, 2.05) is 4.58 Å². The molecule has 30 heavy (non-hydrogen) atoms. The van der Waals surface area contributed by atoms with Gasteiger partial charge in [-0.3, -0.25) is 10.1 Å². The minimum Gasteiger partial charge on any atom is -0.346 e. The van der Waals surface area contributed by atoms with Crippen molar-refractivity contribution >= 4 is 17.2 Å². The third-order valence-electron chi connectivity index (χ3n) is 5.76. The van der Waals surface area contributed by atoms with Crippen LogP contribution in [0, 0.1) is 10.1 Å². The number of alkyl halides is 3. The van der Waals surface area contributed by atoms with Crippen LogP contribution in [0.3, 0.4) is 0 Å². The average molecular weight is 420 g/mol. The van der Waals surface area contributed by atoms with Crippen molar-refractivity contribution in [3.05, 3.63) is 69.8 Å². The molecule has 0 bridgehead atoms. The first-order valence-corrected chi connectivity index (χ1v) is 9.76. The number of rotatable bonds is 3. The van der Waals surface area contributed by atoms with Crippen molar-refractivity contribution in [2.24, 2.45) is 0 Å². The molecule has 2 aliphatic rings. The maximum Gasteiger partial charge on any atom is 0.416 e. The van der Waals surface area contributed by atoms with Gasteiger partial charge in [-0.1, -0.05) is 6.07 Å². The summed E-state index contributed by atoms with van der Waals surface area (Å²) in [5.41, 5.74) is -1.48. The molecule has 2 aliphatic heterocycles. The highest BCUT2D eigenvalue weighted by atomic mass is 19.4. The van der Waals surface area contributed by atoms with Gasteiger partial charge in [-0.25, -0.2) is 9.48 Å². The molecule has 1 N–H and O–H groups in total. The molecule has 0 spiro atoms. The Kier molecular flexibility index (Phi) is 5.01. The molecule has 0 aromatic heterocycles. The van der Waals surface area contributed by atoms with Gasteiger partial charge in [0.2, 0.25) is 0 Å². The number of β-amino-alcohol motifs (C(OH)–C–C–N with tert-alkyl or cyclic N) is 1. The predicted molar refractivity (Wildman–Crippen MR) is 104 cm³/mol. The number of non-ortho nitro benzene ring substituents is 1. The maximum absolute atomic E-state index is 13.2. The summed E-state index contributed by atoms with van der Waals surface area (Å²) >= 11 is 0. The number of anilines is 1. The SMILES string of the molecule is O=[N+]([O-])c1ccc([C@]2(O)CN(c3cccc(C(F)(F)F)c3)C3=[N+]2CCCCC3)cc1. The van der Waals surface area contributed by atoms with Crippen LogP contribution in [0.1, 0.15) is 36.8 Å². The van der Waals surface area contributed by atoms with Crippen LogP contribution in [0.4, 0.5) is 24.5 Å². The van der Waals surface area contributed by atoms with E-state index in [2.05, 4.69) is 0 Å². The van der Waals surface area contributed by atoms with Crippen LogP contribution in [0.25, 0.3) is 0 Å². The normalized spacial score (nSPS) is 22.1. The monoisotopic (exact) mass is 420 g/mol. The highest BCUT2D eigenvalue weighted by Crippen LogP contribution is 2.38. The van der Waals surface area contributed by atoms with E-state index in [9.17, 15) is 28.4 Å². The lowest BCUT2D eigenvalue weighted by molar-refractivity contribution is -0.658. The van der Waals surface area contributed by atoms with Crippen molar-refractivity contribution in [2.75, 3.05) is 18.0 Å². The molecule has 0 saturated carbocycles. The lowest BCUT2D eigenvalue weighted by Crippen LogP contribution is -2.41. The van der Waals surface area contributed by atoms with E-state index in [0.29, 0.717) is 24.2 Å². The van der Waals surface area contributed by atoms with Crippen LogP contribution in [0.5, 0.6) is 0 Å². The zero-order valence-electron chi connectivity index (χ0n) is 16.1. The maximum atomic E-state index is 13.2. The summed E-state index contributed by atoms with van der Waals surface area (Å²) in [6, 6.07) is 10.8. The quantitative estimate of drug-likeness (QED) is 0.458. The first-order chi connectivity index (χ1) is 14.2. The molecule has 0 fully saturated rings. The zero-order valence-corrected chi connectivity index (χ0v) is 16.1. The number of benzene rings is 2. The minimum absolute atomic E-state index is 0.0431. The van der Waals surface area contributed by atoms with Crippen LogP contribution < -0.4 is 4.90 Å². The Balaban J connectivity index is 1.78. The lowest BCUT2D eigenvalue weighted by Gasteiger charge is -2.23. The van der Waals surface area contributed by atoms with Gasteiger partial charge in [-0.15, -0.1) is 0 Å². The summed E-state index contributed by atoms with van der Waals surface area (Å²) in [5, 5.41) is 22.6. The van der Waals surface area contributed by atoms with Crippen LogP contribution in [-0.4, -0.2) is 33.5 Å². The fraction of sp³-hybridized carbons (Fsp3) is 0.381. The number of nitro groups is 1. The van der Waals surface area contributed by atoms with Gasteiger partial charge in [0.1, 0.15) is 5.69 Å². The Bertz CT molecular complexity index is 1000. The summed E-state index contributed by atoms with van der Waals surface area (Å²) in [6.45, 7) is 0.597. The molecule has 158 valence electrons. The molecule has 0 saturated heterocycles. The minimum atomic E-state index is -4.46. The van der Waals surface area contributed by atoms with Gasteiger partial charge in [0.15, 0.2) is 6.54 Å². The van der Waals surface area contributed by atoms with E-state index in [1.165, 1.54) is 30.3 Å². The summed E-state index contributed by atoms with van der Waals surface area (Å²) in [4.78, 5) is 12.2. The number of hydrogen-bond donors (Lipinski definition) is 1. The predicted octanol–water partition coefficient (Wildman–Crippen LogP) is 4.26. The average Bonchev–Trinajstić information content (AvgIpc) is 2.86. The molecule has 0 amide bonds. The Hall–Kier alpha value is -2.94. The molecular weight excluding hydrogens is 399 g/mol. The Labute approximate surface area is 171 Å². The van der Waals surface area contributed by atoms with Crippen molar-refractivity contribution in [1.29, 1.82) is 0 Å². The second-order valence-corrected chi connectivity index (χ2v) is 7.63. The first-order valence-electron chi connectivity index (χ1n) is 9.76. The standard InChI is InChI=1S/C21H21F3N3O3/c22-21(23,24)16-5-4-6-18(13-16)25-14-20(28,26-12-3-1-2-7-19(25)26)15-8-10-17(11-9-15)27(29)30/h4-6,8-11,13,28H,1-3,7,12,14H2/q+1/t20-/m1/s1. The molecule has 4 rings (SSSR count). The van der Waals surface area contributed by atoms with Gasteiger partial charge in [0.05, 0.1) is 17.0 Å². The van der Waals surface area contributed by atoms with Gasteiger partial charge < -0.3 is 5.11 Å². The molecule has 2 aromatic rings. The molecule has 6 nitrogen and oxygen atoms in total. The third kappa shape index (κ3) is 3.54. The lowest BCUT2D eigenvalue weighted by atomic mass is 10.0. The smallest absolute Gasteiger partial charge is 0.346 e. The topological polar surface area (TPSA) is 69.6 Å². The van der Waals surface area contributed by atoms with E-state index in [-0.39, 0.29) is 12.2 Å². The fourth-order valence-electron chi connectivity index (χ4n) is 4.26. The molecular formula is C21H21F3N3O3+. The third-order valence-corrected chi connectivity index (χ3v) is 5.76. The fourth-order valence-corrected chi connectivity index (χ4v) is 4.26. The zero-order chi connectivity index (χ0) is 21.5. The van der Waals surface area contributed by atoms with E-state index < -0.39 is 22.4 Å². The second kappa shape index (κ2) is 7.39. The van der Waals surface area contributed by atoms with Crippen molar-refractivity contribution in [3.8, 4) is 0 Å². The van der Waals surface area contributed by atoms with Gasteiger partial charge >= 0.3 is 6.18 Å². The second-order valence-electron chi connectivity index (χ2n) is 7.63. The van der Waals surface area contributed by atoms with Crippen LogP contribution in [-0.2, 0) is 11.9 Å². The van der Waals surface area contributed by atoms with E-state index in [1.54, 1.807) is 11.0 Å². The molecule has 9 heteroatoms. The molecule has 0 unspecified atom stereocenters. The summed E-state index contributed by atoms with van der Waals surface area (Å²) in [7, 11) is 0. The van der Waals surface area contributed by atoms with E-state index >= 15 is 0 Å². The number of aliphatic hydroxyl groups is 1. The highest BCUT2D eigenvalue weighted by molar-refractivity contribution is 5.96.